The molecule has 0 bridgehead atoms. The van der Waals surface area contributed by atoms with Gasteiger partial charge in [0.05, 0.1) is 6.61 Å². The van der Waals surface area contributed by atoms with E-state index in [1.807, 2.05) is 6.92 Å². The molecular weight excluding hydrogens is 292 g/mol. The van der Waals surface area contributed by atoms with Crippen molar-refractivity contribution in [1.82, 2.24) is 19.7 Å². The van der Waals surface area contributed by atoms with Crippen LogP contribution in [0.25, 0.3) is 11.0 Å². The van der Waals surface area contributed by atoms with Crippen LogP contribution in [0.2, 0.25) is 0 Å². The van der Waals surface area contributed by atoms with Crippen LogP contribution in [0.15, 0.2) is 11.4 Å². The molecule has 1 unspecified atom stereocenters. The maximum Gasteiger partial charge on any atom is 0.306 e. The number of esters is 1. The van der Waals surface area contributed by atoms with Crippen molar-refractivity contribution in [3.8, 4) is 5.88 Å². The van der Waals surface area contributed by atoms with Gasteiger partial charge in [0.2, 0.25) is 5.88 Å². The fourth-order valence-electron chi connectivity index (χ4n) is 1.86. The molecule has 0 saturated heterocycles. The number of hydrogen-bond acceptors (Lipinski definition) is 7. The number of nitrogens with zero attached hydrogens (tertiary/aromatic N) is 4. The number of hydrogen-bond donors (Lipinski definition) is 1. The van der Waals surface area contributed by atoms with Crippen LogP contribution in [0.3, 0.4) is 0 Å². The monoisotopic (exact) mass is 310 g/mol. The van der Waals surface area contributed by atoms with Crippen molar-refractivity contribution in [3.05, 3.63) is 6.33 Å². The maximum atomic E-state index is 11.4. The molecule has 114 valence electrons. The molecule has 2 aromatic rings. The fourth-order valence-corrected chi connectivity index (χ4v) is 2.81. The number of aromatic hydroxyl groups is 1. The minimum Gasteiger partial charge on any atom is -0.492 e. The lowest BCUT2D eigenvalue weighted by atomic mass is 10.1. The van der Waals surface area contributed by atoms with E-state index in [1.54, 1.807) is 14.0 Å². The van der Waals surface area contributed by atoms with Crippen molar-refractivity contribution in [2.75, 3.05) is 12.4 Å². The van der Waals surface area contributed by atoms with Crippen LogP contribution in [0.4, 0.5) is 0 Å². The van der Waals surface area contributed by atoms with Gasteiger partial charge in [-0.25, -0.2) is 14.6 Å². The van der Waals surface area contributed by atoms with Gasteiger partial charge in [0, 0.05) is 19.2 Å². The zero-order chi connectivity index (χ0) is 15.4. The number of rotatable bonds is 6. The lowest BCUT2D eigenvalue weighted by Crippen LogP contribution is -2.11. The first-order valence-electron chi connectivity index (χ1n) is 6.68. The normalized spacial score (nSPS) is 12.5. The van der Waals surface area contributed by atoms with Crippen LogP contribution in [-0.4, -0.2) is 43.2 Å². The van der Waals surface area contributed by atoms with Gasteiger partial charge in [-0.1, -0.05) is 6.92 Å². The van der Waals surface area contributed by atoms with Crippen LogP contribution >= 0.6 is 11.8 Å². The summed E-state index contributed by atoms with van der Waals surface area (Å²) in [5.74, 6) is 0.710. The minimum absolute atomic E-state index is 0.0221. The van der Waals surface area contributed by atoms with E-state index >= 15 is 0 Å². The van der Waals surface area contributed by atoms with Crippen molar-refractivity contribution < 1.29 is 14.6 Å². The van der Waals surface area contributed by atoms with Gasteiger partial charge in [0.25, 0.3) is 0 Å². The molecule has 2 rings (SSSR count). The number of carbonyl (C=O) groups excluding carboxylic acids is 1. The molecule has 0 aliphatic carbocycles. The topological polar surface area (TPSA) is 90.1 Å². The van der Waals surface area contributed by atoms with Crippen LogP contribution in [0.5, 0.6) is 5.88 Å². The second kappa shape index (κ2) is 6.75. The fraction of sp³-hybridized carbons (Fsp3) is 0.538. The van der Waals surface area contributed by atoms with Gasteiger partial charge < -0.3 is 9.84 Å². The third kappa shape index (κ3) is 3.63. The van der Waals surface area contributed by atoms with E-state index in [0.717, 1.165) is 0 Å². The smallest absolute Gasteiger partial charge is 0.306 e. The van der Waals surface area contributed by atoms with Crippen LogP contribution in [0, 0.1) is 5.92 Å². The molecule has 7 nitrogen and oxygen atoms in total. The molecule has 1 N–H and O–H groups in total. The number of aryl methyl sites for hydroxylation is 1. The van der Waals surface area contributed by atoms with Crippen LogP contribution < -0.4 is 0 Å². The third-order valence-electron chi connectivity index (χ3n) is 2.88. The SMILES string of the molecule is CCOC(=O)CC(C)CSc1ncnc2c(O)n(C)nc12. The highest BCUT2D eigenvalue weighted by Gasteiger charge is 2.16. The zero-order valence-corrected chi connectivity index (χ0v) is 13.1. The van der Waals surface area contributed by atoms with E-state index in [1.165, 1.54) is 22.8 Å². The van der Waals surface area contributed by atoms with Crippen molar-refractivity contribution in [3.63, 3.8) is 0 Å². The molecule has 0 aromatic carbocycles. The predicted octanol–water partition coefficient (Wildman–Crippen LogP) is 1.75. The lowest BCUT2D eigenvalue weighted by molar-refractivity contribution is -0.143. The van der Waals surface area contributed by atoms with Gasteiger partial charge >= 0.3 is 5.97 Å². The number of ether oxygens (including phenoxy) is 1. The molecule has 2 heterocycles. The summed E-state index contributed by atoms with van der Waals surface area (Å²) in [6.45, 7) is 4.18. The average molecular weight is 310 g/mol. The van der Waals surface area contributed by atoms with Gasteiger partial charge in [0.1, 0.15) is 16.9 Å². The largest absolute Gasteiger partial charge is 0.492 e. The predicted molar refractivity (Wildman–Crippen MR) is 79.1 cm³/mol. The zero-order valence-electron chi connectivity index (χ0n) is 12.2. The first-order chi connectivity index (χ1) is 10.0. The number of carbonyl (C=O) groups is 1. The summed E-state index contributed by atoms with van der Waals surface area (Å²) in [6, 6.07) is 0. The molecule has 21 heavy (non-hydrogen) atoms. The maximum absolute atomic E-state index is 11.4. The average Bonchev–Trinajstić information content (AvgIpc) is 2.73. The Labute approximate surface area is 126 Å². The van der Waals surface area contributed by atoms with E-state index in [2.05, 4.69) is 15.1 Å². The molecular formula is C13H18N4O3S. The van der Waals surface area contributed by atoms with Crippen LogP contribution in [0.1, 0.15) is 20.3 Å². The minimum atomic E-state index is -0.186. The van der Waals surface area contributed by atoms with Gasteiger partial charge in [-0.2, -0.15) is 5.10 Å². The molecule has 8 heteroatoms. The molecule has 0 amide bonds. The molecule has 2 aromatic heterocycles. The summed E-state index contributed by atoms with van der Waals surface area (Å²) in [7, 11) is 1.65. The highest BCUT2D eigenvalue weighted by molar-refractivity contribution is 7.99. The molecule has 0 fully saturated rings. The van der Waals surface area contributed by atoms with Gasteiger partial charge in [-0.3, -0.25) is 4.79 Å². The second-order valence-electron chi connectivity index (χ2n) is 4.75. The molecule has 0 saturated carbocycles. The number of aromatic nitrogens is 4. The van der Waals surface area contributed by atoms with Crippen molar-refractivity contribution in [2.45, 2.75) is 25.3 Å². The summed E-state index contributed by atoms with van der Waals surface area (Å²) in [5.41, 5.74) is 1.01. The lowest BCUT2D eigenvalue weighted by Gasteiger charge is -2.09. The van der Waals surface area contributed by atoms with E-state index in [-0.39, 0.29) is 17.8 Å². The molecule has 0 spiro atoms. The Morgan fingerprint density at radius 3 is 2.95 bits per heavy atom. The Morgan fingerprint density at radius 2 is 2.24 bits per heavy atom. The Bertz CT molecular complexity index is 644. The molecule has 0 aliphatic rings. The number of thioether (sulfide) groups is 1. The summed E-state index contributed by atoms with van der Waals surface area (Å²) in [6.07, 6.45) is 1.78. The molecule has 0 aliphatic heterocycles. The van der Waals surface area contributed by atoms with E-state index < -0.39 is 0 Å². The van der Waals surface area contributed by atoms with Crippen molar-refractivity contribution >= 4 is 28.8 Å². The van der Waals surface area contributed by atoms with E-state index in [4.69, 9.17) is 4.74 Å². The van der Waals surface area contributed by atoms with Gasteiger partial charge in [-0.05, 0) is 12.8 Å². The van der Waals surface area contributed by atoms with Gasteiger partial charge in [-0.15, -0.1) is 11.8 Å². The van der Waals surface area contributed by atoms with E-state index in [9.17, 15) is 9.90 Å². The quantitative estimate of drug-likeness (QED) is 0.494. The third-order valence-corrected chi connectivity index (χ3v) is 4.19. The van der Waals surface area contributed by atoms with Crippen LogP contribution in [-0.2, 0) is 16.6 Å². The summed E-state index contributed by atoms with van der Waals surface area (Å²) in [4.78, 5) is 19.6. The first kappa shape index (κ1) is 15.6. The summed E-state index contributed by atoms with van der Waals surface area (Å²) in [5, 5.41) is 14.7. The van der Waals surface area contributed by atoms with Gasteiger partial charge in [0.15, 0.2) is 5.52 Å². The number of fused-ring (bicyclic) bond motifs is 1. The second-order valence-corrected chi connectivity index (χ2v) is 5.76. The highest BCUT2D eigenvalue weighted by atomic mass is 32.2. The van der Waals surface area contributed by atoms with E-state index in [0.29, 0.717) is 34.8 Å². The Morgan fingerprint density at radius 1 is 1.48 bits per heavy atom. The Kier molecular flexibility index (Phi) is 5.00. The molecule has 1 atom stereocenters. The summed E-state index contributed by atoms with van der Waals surface area (Å²) < 4.78 is 6.30. The van der Waals surface area contributed by atoms with Crippen molar-refractivity contribution in [1.29, 1.82) is 0 Å². The van der Waals surface area contributed by atoms with Crippen molar-refractivity contribution in [2.24, 2.45) is 13.0 Å². The molecule has 0 radical (unpaired) electrons. The highest BCUT2D eigenvalue weighted by Crippen LogP contribution is 2.29. The Balaban J connectivity index is 2.03. The Hall–Kier alpha value is -1.83. The first-order valence-corrected chi connectivity index (χ1v) is 7.66. The standard InChI is InChI=1S/C13H18N4O3S/c1-4-20-9(18)5-8(2)6-21-12-10-11(14-7-15-12)13(19)17(3)16-10/h7-8,19H,4-6H2,1-3H3. The summed E-state index contributed by atoms with van der Waals surface area (Å²) >= 11 is 1.49.